The van der Waals surface area contributed by atoms with Crippen molar-refractivity contribution in [3.63, 3.8) is 0 Å². The summed E-state index contributed by atoms with van der Waals surface area (Å²) in [6.07, 6.45) is 0.763. The van der Waals surface area contributed by atoms with Crippen LogP contribution in [0.15, 0.2) is 54.6 Å². The fourth-order valence-corrected chi connectivity index (χ4v) is 1.70. The van der Waals surface area contributed by atoms with Gasteiger partial charge in [0.05, 0.1) is 12.8 Å². The third kappa shape index (κ3) is 3.56. The van der Waals surface area contributed by atoms with E-state index in [-0.39, 0.29) is 0 Å². The fourth-order valence-electron chi connectivity index (χ4n) is 1.70. The standard InChI is InChI=1S/C15H16N2O2/c1-19-15-9-7-13(8-10-15)11-16-17(12-18)14-5-3-2-4-6-14/h2-10,12,16H,11H2,1H3. The largest absolute Gasteiger partial charge is 0.497 e. The van der Waals surface area contributed by atoms with Crippen LogP contribution in [-0.4, -0.2) is 13.5 Å². The third-order valence-corrected chi connectivity index (χ3v) is 2.75. The Morgan fingerprint density at radius 1 is 1.11 bits per heavy atom. The minimum Gasteiger partial charge on any atom is -0.497 e. The van der Waals surface area contributed by atoms with E-state index in [1.807, 2.05) is 54.6 Å². The van der Waals surface area contributed by atoms with Gasteiger partial charge in [0.15, 0.2) is 0 Å². The quantitative estimate of drug-likeness (QED) is 0.637. The summed E-state index contributed by atoms with van der Waals surface area (Å²) in [6.45, 7) is 0.567. The van der Waals surface area contributed by atoms with Crippen LogP contribution in [0.1, 0.15) is 5.56 Å². The number of hydrazine groups is 1. The topological polar surface area (TPSA) is 41.6 Å². The number of nitrogens with zero attached hydrogens (tertiary/aromatic N) is 1. The first-order chi connectivity index (χ1) is 9.33. The number of para-hydroxylation sites is 1. The molecule has 0 atom stereocenters. The normalized spacial score (nSPS) is 9.95. The second kappa shape index (κ2) is 6.56. The smallest absolute Gasteiger partial charge is 0.228 e. The number of benzene rings is 2. The number of methoxy groups -OCH3 is 1. The maximum atomic E-state index is 11.1. The van der Waals surface area contributed by atoms with Crippen molar-refractivity contribution in [2.75, 3.05) is 12.1 Å². The molecule has 2 aromatic carbocycles. The van der Waals surface area contributed by atoms with Gasteiger partial charge in [-0.15, -0.1) is 0 Å². The van der Waals surface area contributed by atoms with E-state index in [1.165, 1.54) is 5.01 Å². The van der Waals surface area contributed by atoms with Gasteiger partial charge in [0.25, 0.3) is 0 Å². The maximum Gasteiger partial charge on any atom is 0.228 e. The number of ether oxygens (including phenoxy) is 1. The minimum absolute atomic E-state index is 0.567. The van der Waals surface area contributed by atoms with Crippen molar-refractivity contribution < 1.29 is 9.53 Å². The van der Waals surface area contributed by atoms with Crippen molar-refractivity contribution in [3.8, 4) is 5.75 Å². The highest BCUT2D eigenvalue weighted by atomic mass is 16.5. The van der Waals surface area contributed by atoms with Gasteiger partial charge >= 0.3 is 0 Å². The van der Waals surface area contributed by atoms with Crippen molar-refractivity contribution in [3.05, 3.63) is 60.2 Å². The molecular weight excluding hydrogens is 240 g/mol. The van der Waals surface area contributed by atoms with Crippen LogP contribution in [0.2, 0.25) is 0 Å². The SMILES string of the molecule is COc1ccc(CNN(C=O)c2ccccc2)cc1. The number of anilines is 1. The number of hydrogen-bond acceptors (Lipinski definition) is 3. The second-order valence-corrected chi connectivity index (χ2v) is 3.99. The lowest BCUT2D eigenvalue weighted by Crippen LogP contribution is -2.36. The zero-order chi connectivity index (χ0) is 13.5. The number of nitrogens with one attached hydrogen (secondary N) is 1. The predicted molar refractivity (Wildman–Crippen MR) is 74.8 cm³/mol. The maximum absolute atomic E-state index is 11.1. The highest BCUT2D eigenvalue weighted by Crippen LogP contribution is 2.12. The molecular formula is C15H16N2O2. The Morgan fingerprint density at radius 3 is 2.37 bits per heavy atom. The van der Waals surface area contributed by atoms with Crippen molar-refractivity contribution in [1.82, 2.24) is 5.43 Å². The van der Waals surface area contributed by atoms with Gasteiger partial charge in [-0.1, -0.05) is 30.3 Å². The van der Waals surface area contributed by atoms with Crippen LogP contribution < -0.4 is 15.2 Å². The van der Waals surface area contributed by atoms with Crippen molar-refractivity contribution in [2.45, 2.75) is 6.54 Å². The second-order valence-electron chi connectivity index (χ2n) is 3.99. The molecule has 0 bridgehead atoms. The van der Waals surface area contributed by atoms with Gasteiger partial charge in [0.2, 0.25) is 6.41 Å². The monoisotopic (exact) mass is 256 g/mol. The highest BCUT2D eigenvalue weighted by molar-refractivity contribution is 5.73. The average molecular weight is 256 g/mol. The molecule has 2 rings (SSSR count). The van der Waals surface area contributed by atoms with E-state index in [0.29, 0.717) is 6.54 Å². The van der Waals surface area contributed by atoms with Crippen LogP contribution in [0.25, 0.3) is 0 Å². The molecule has 1 amide bonds. The minimum atomic E-state index is 0.567. The fraction of sp³-hybridized carbons (Fsp3) is 0.133. The van der Waals surface area contributed by atoms with Crippen LogP contribution >= 0.6 is 0 Å². The number of carbonyl (C=O) groups is 1. The van der Waals surface area contributed by atoms with Gasteiger partial charge in [-0.05, 0) is 29.8 Å². The first kappa shape index (κ1) is 13.1. The molecule has 0 aliphatic rings. The molecule has 0 heterocycles. The first-order valence-electron chi connectivity index (χ1n) is 5.99. The van der Waals surface area contributed by atoms with Gasteiger partial charge in [-0.25, -0.2) is 10.4 Å². The number of rotatable bonds is 6. The lowest BCUT2D eigenvalue weighted by molar-refractivity contribution is -0.108. The summed E-state index contributed by atoms with van der Waals surface area (Å²) in [5.41, 5.74) is 4.95. The van der Waals surface area contributed by atoms with Crippen molar-refractivity contribution in [1.29, 1.82) is 0 Å². The summed E-state index contributed by atoms with van der Waals surface area (Å²) in [5, 5.41) is 1.46. The van der Waals surface area contributed by atoms with E-state index in [1.54, 1.807) is 7.11 Å². The van der Waals surface area contributed by atoms with E-state index >= 15 is 0 Å². The molecule has 0 saturated heterocycles. The summed E-state index contributed by atoms with van der Waals surface area (Å²) in [4.78, 5) is 11.1. The Morgan fingerprint density at radius 2 is 1.79 bits per heavy atom. The van der Waals surface area contributed by atoms with Gasteiger partial charge < -0.3 is 4.74 Å². The molecule has 4 heteroatoms. The van der Waals surface area contributed by atoms with E-state index in [9.17, 15) is 4.79 Å². The summed E-state index contributed by atoms with van der Waals surface area (Å²) < 4.78 is 5.10. The molecule has 1 N–H and O–H groups in total. The Kier molecular flexibility index (Phi) is 4.53. The molecule has 0 aliphatic carbocycles. The molecule has 19 heavy (non-hydrogen) atoms. The Labute approximate surface area is 112 Å². The van der Waals surface area contributed by atoms with E-state index < -0.39 is 0 Å². The van der Waals surface area contributed by atoms with Crippen LogP contribution in [0.5, 0.6) is 5.75 Å². The lowest BCUT2D eigenvalue weighted by Gasteiger charge is -2.18. The Hall–Kier alpha value is -2.33. The van der Waals surface area contributed by atoms with Gasteiger partial charge in [-0.2, -0.15) is 0 Å². The Bertz CT molecular complexity index is 511. The highest BCUT2D eigenvalue weighted by Gasteiger charge is 2.03. The molecule has 0 aliphatic heterocycles. The van der Waals surface area contributed by atoms with E-state index in [4.69, 9.17) is 4.74 Å². The Balaban J connectivity index is 1.98. The molecule has 2 aromatic rings. The first-order valence-corrected chi connectivity index (χ1v) is 5.99. The predicted octanol–water partition coefficient (Wildman–Crippen LogP) is 2.36. The summed E-state index contributed by atoms with van der Waals surface area (Å²) >= 11 is 0. The van der Waals surface area contributed by atoms with Crippen LogP contribution in [0.4, 0.5) is 5.69 Å². The van der Waals surface area contributed by atoms with Gasteiger partial charge in [0, 0.05) is 6.54 Å². The van der Waals surface area contributed by atoms with Crippen LogP contribution in [0.3, 0.4) is 0 Å². The third-order valence-electron chi connectivity index (χ3n) is 2.75. The molecule has 0 spiro atoms. The molecule has 0 radical (unpaired) electrons. The number of carbonyl (C=O) groups excluding carboxylic acids is 1. The molecule has 0 saturated carbocycles. The summed E-state index contributed by atoms with van der Waals surface area (Å²) in [5.74, 6) is 0.819. The van der Waals surface area contributed by atoms with Crippen LogP contribution in [-0.2, 0) is 11.3 Å². The zero-order valence-electron chi connectivity index (χ0n) is 10.7. The van der Waals surface area contributed by atoms with Crippen molar-refractivity contribution >= 4 is 12.1 Å². The average Bonchev–Trinajstić information content (AvgIpc) is 2.49. The lowest BCUT2D eigenvalue weighted by atomic mass is 10.2. The summed E-state index contributed by atoms with van der Waals surface area (Å²) in [7, 11) is 1.64. The zero-order valence-corrected chi connectivity index (χ0v) is 10.7. The van der Waals surface area contributed by atoms with E-state index in [0.717, 1.165) is 23.4 Å². The number of amides is 1. The van der Waals surface area contributed by atoms with Gasteiger partial charge in [-0.3, -0.25) is 4.79 Å². The van der Waals surface area contributed by atoms with Gasteiger partial charge in [0.1, 0.15) is 5.75 Å². The van der Waals surface area contributed by atoms with Crippen LogP contribution in [0, 0.1) is 0 Å². The molecule has 4 nitrogen and oxygen atoms in total. The summed E-state index contributed by atoms with van der Waals surface area (Å²) in [6, 6.07) is 17.1. The van der Waals surface area contributed by atoms with Crippen molar-refractivity contribution in [2.24, 2.45) is 0 Å². The molecule has 0 aromatic heterocycles. The molecule has 0 unspecified atom stereocenters. The number of hydrogen-bond donors (Lipinski definition) is 1. The molecule has 98 valence electrons. The van der Waals surface area contributed by atoms with E-state index in [2.05, 4.69) is 5.43 Å². The molecule has 0 fully saturated rings.